The molecule has 0 saturated carbocycles. The van der Waals surface area contributed by atoms with Gasteiger partial charge in [0.25, 0.3) is 5.91 Å². The number of carbonyl (C=O) groups is 1. The van der Waals surface area contributed by atoms with E-state index in [1.807, 2.05) is 6.08 Å². The first-order valence-corrected chi connectivity index (χ1v) is 9.68. The second-order valence-electron chi connectivity index (χ2n) is 6.59. The van der Waals surface area contributed by atoms with Crippen molar-refractivity contribution in [1.82, 2.24) is 9.47 Å². The van der Waals surface area contributed by atoms with Gasteiger partial charge in [0.2, 0.25) is 0 Å². The molecule has 1 amide bonds. The van der Waals surface area contributed by atoms with Crippen LogP contribution in [0.2, 0.25) is 0 Å². The fourth-order valence-electron chi connectivity index (χ4n) is 3.34. The maximum Gasteiger partial charge on any atom is 0.266 e. The predicted molar refractivity (Wildman–Crippen MR) is 115 cm³/mol. The second kappa shape index (κ2) is 7.25. The monoisotopic (exact) mass is 382 g/mol. The van der Waals surface area contributed by atoms with Crippen LogP contribution < -0.4 is 0 Å². The number of benzene rings is 1. The van der Waals surface area contributed by atoms with Gasteiger partial charge >= 0.3 is 0 Å². The molecule has 1 aliphatic rings. The molecule has 0 bridgehead atoms. The molecule has 0 atom stereocenters. The summed E-state index contributed by atoms with van der Waals surface area (Å²) in [5.41, 5.74) is 6.91. The van der Waals surface area contributed by atoms with Crippen LogP contribution in [0, 0.1) is 27.7 Å². The summed E-state index contributed by atoms with van der Waals surface area (Å²) in [6.07, 6.45) is 3.64. The van der Waals surface area contributed by atoms with Crippen LogP contribution in [0.3, 0.4) is 0 Å². The fourth-order valence-corrected chi connectivity index (χ4v) is 4.60. The van der Waals surface area contributed by atoms with Gasteiger partial charge < -0.3 is 4.57 Å². The number of hydrogen-bond donors (Lipinski definition) is 0. The van der Waals surface area contributed by atoms with Crippen molar-refractivity contribution >= 4 is 40.3 Å². The first-order chi connectivity index (χ1) is 12.3. The molecule has 1 saturated heterocycles. The van der Waals surface area contributed by atoms with Crippen LogP contribution in [0.5, 0.6) is 0 Å². The Bertz CT molecular complexity index is 933. The van der Waals surface area contributed by atoms with E-state index in [0.29, 0.717) is 15.8 Å². The van der Waals surface area contributed by atoms with Crippen LogP contribution in [0.1, 0.15) is 28.1 Å². The number of carbonyl (C=O) groups excluding carboxylic acids is 1. The summed E-state index contributed by atoms with van der Waals surface area (Å²) < 4.78 is 2.82. The molecule has 26 heavy (non-hydrogen) atoms. The largest absolute Gasteiger partial charge is 0.318 e. The van der Waals surface area contributed by atoms with Gasteiger partial charge in [-0.1, -0.05) is 36.1 Å². The van der Waals surface area contributed by atoms with Crippen molar-refractivity contribution in [2.75, 3.05) is 6.54 Å². The summed E-state index contributed by atoms with van der Waals surface area (Å²) in [5.74, 6) is -0.0453. The minimum Gasteiger partial charge on any atom is -0.318 e. The zero-order valence-electron chi connectivity index (χ0n) is 15.5. The topological polar surface area (TPSA) is 25.2 Å². The van der Waals surface area contributed by atoms with Gasteiger partial charge in [0.15, 0.2) is 0 Å². The average Bonchev–Trinajstić information content (AvgIpc) is 2.97. The van der Waals surface area contributed by atoms with E-state index in [1.165, 1.54) is 22.9 Å². The van der Waals surface area contributed by atoms with Crippen LogP contribution in [0.25, 0.3) is 11.8 Å². The summed E-state index contributed by atoms with van der Waals surface area (Å²) in [6.45, 7) is 12.5. The average molecular weight is 383 g/mol. The number of hydrogen-bond acceptors (Lipinski definition) is 3. The van der Waals surface area contributed by atoms with E-state index in [4.69, 9.17) is 12.2 Å². The Balaban J connectivity index is 2.02. The van der Waals surface area contributed by atoms with Gasteiger partial charge in [-0.05, 0) is 68.7 Å². The predicted octanol–water partition coefficient (Wildman–Crippen LogP) is 5.10. The molecule has 1 aromatic carbocycles. The molecule has 2 aromatic rings. The smallest absolute Gasteiger partial charge is 0.266 e. The number of thioether (sulfide) groups is 1. The van der Waals surface area contributed by atoms with Crippen LogP contribution >= 0.6 is 24.0 Å². The Morgan fingerprint density at radius 3 is 2.38 bits per heavy atom. The molecule has 0 aliphatic carbocycles. The summed E-state index contributed by atoms with van der Waals surface area (Å²) in [6, 6.07) is 8.65. The summed E-state index contributed by atoms with van der Waals surface area (Å²) in [7, 11) is 0. The Hall–Kier alpha value is -2.11. The number of aryl methyl sites for hydroxylation is 3. The standard InChI is InChI=1S/C21H22N2OS2/c1-6-7-22-20(24)19(26-21(22)25)12-17-11-15(4)23(16(17)5)18-9-13(2)8-14(3)10-18/h6,8-12H,1,7H2,2-5H3/b19-12-. The summed E-state index contributed by atoms with van der Waals surface area (Å²) >= 11 is 6.67. The third-order valence-corrected chi connectivity index (χ3v) is 5.78. The van der Waals surface area contributed by atoms with Crippen molar-refractivity contribution in [3.05, 3.63) is 69.9 Å². The van der Waals surface area contributed by atoms with Crippen molar-refractivity contribution in [3.8, 4) is 5.69 Å². The highest BCUT2D eigenvalue weighted by Crippen LogP contribution is 2.34. The third-order valence-electron chi connectivity index (χ3n) is 4.41. The number of rotatable bonds is 4. The van der Waals surface area contributed by atoms with E-state index in [2.05, 4.69) is 63.1 Å². The van der Waals surface area contributed by atoms with Crippen molar-refractivity contribution < 1.29 is 4.79 Å². The van der Waals surface area contributed by atoms with Crippen molar-refractivity contribution in [1.29, 1.82) is 0 Å². The molecular formula is C21H22N2OS2. The second-order valence-corrected chi connectivity index (χ2v) is 8.26. The van der Waals surface area contributed by atoms with Gasteiger partial charge in [0, 0.05) is 23.6 Å². The molecule has 3 rings (SSSR count). The summed E-state index contributed by atoms with van der Waals surface area (Å²) in [5, 5.41) is 0. The third kappa shape index (κ3) is 3.41. The van der Waals surface area contributed by atoms with E-state index < -0.39 is 0 Å². The van der Waals surface area contributed by atoms with E-state index in [1.54, 1.807) is 11.0 Å². The molecular weight excluding hydrogens is 360 g/mol. The fraction of sp³-hybridized carbons (Fsp3) is 0.238. The Morgan fingerprint density at radius 2 is 1.77 bits per heavy atom. The van der Waals surface area contributed by atoms with Gasteiger partial charge in [-0.15, -0.1) is 6.58 Å². The Labute approximate surface area is 164 Å². The zero-order valence-corrected chi connectivity index (χ0v) is 17.1. The normalized spacial score (nSPS) is 16.0. The lowest BCUT2D eigenvalue weighted by molar-refractivity contribution is -0.121. The lowest BCUT2D eigenvalue weighted by Gasteiger charge is -2.12. The quantitative estimate of drug-likeness (QED) is 0.418. The minimum absolute atomic E-state index is 0.0453. The van der Waals surface area contributed by atoms with E-state index in [9.17, 15) is 4.79 Å². The molecule has 1 fully saturated rings. The highest BCUT2D eigenvalue weighted by atomic mass is 32.2. The Kier molecular flexibility index (Phi) is 5.21. The van der Waals surface area contributed by atoms with Crippen molar-refractivity contribution in [2.24, 2.45) is 0 Å². The molecule has 0 N–H and O–H groups in total. The molecule has 1 aliphatic heterocycles. The first kappa shape index (κ1) is 18.7. The van der Waals surface area contributed by atoms with Gasteiger partial charge in [0.1, 0.15) is 4.32 Å². The minimum atomic E-state index is -0.0453. The molecule has 5 heteroatoms. The van der Waals surface area contributed by atoms with Crippen molar-refractivity contribution in [3.63, 3.8) is 0 Å². The lowest BCUT2D eigenvalue weighted by Crippen LogP contribution is -2.27. The maximum absolute atomic E-state index is 12.6. The number of amides is 1. The molecule has 2 heterocycles. The van der Waals surface area contributed by atoms with Crippen LogP contribution in [0.15, 0.2) is 41.8 Å². The van der Waals surface area contributed by atoms with E-state index >= 15 is 0 Å². The van der Waals surface area contributed by atoms with Gasteiger partial charge in [-0.2, -0.15) is 0 Å². The first-order valence-electron chi connectivity index (χ1n) is 8.45. The SMILES string of the molecule is C=CCN1C(=O)/C(=C/c2cc(C)n(-c3cc(C)cc(C)c3)c2C)SC1=S. The van der Waals surface area contributed by atoms with Crippen LogP contribution in [-0.4, -0.2) is 26.2 Å². The van der Waals surface area contributed by atoms with Crippen LogP contribution in [0.4, 0.5) is 0 Å². The molecule has 0 radical (unpaired) electrons. The number of thiocarbonyl (C=S) groups is 1. The Morgan fingerprint density at radius 1 is 1.12 bits per heavy atom. The maximum atomic E-state index is 12.6. The molecule has 3 nitrogen and oxygen atoms in total. The lowest BCUT2D eigenvalue weighted by atomic mass is 10.1. The summed E-state index contributed by atoms with van der Waals surface area (Å²) in [4.78, 5) is 14.8. The highest BCUT2D eigenvalue weighted by Gasteiger charge is 2.31. The van der Waals surface area contributed by atoms with Gasteiger partial charge in [0.05, 0.1) is 4.91 Å². The molecule has 134 valence electrons. The zero-order chi connectivity index (χ0) is 19.0. The van der Waals surface area contributed by atoms with Gasteiger partial charge in [-0.3, -0.25) is 9.69 Å². The molecule has 1 aromatic heterocycles. The molecule has 0 spiro atoms. The van der Waals surface area contributed by atoms with Crippen molar-refractivity contribution in [2.45, 2.75) is 27.7 Å². The highest BCUT2D eigenvalue weighted by molar-refractivity contribution is 8.26. The van der Waals surface area contributed by atoms with Gasteiger partial charge in [-0.25, -0.2) is 0 Å². The van der Waals surface area contributed by atoms with Crippen LogP contribution in [-0.2, 0) is 4.79 Å². The van der Waals surface area contributed by atoms with E-state index in [0.717, 1.165) is 22.6 Å². The van der Waals surface area contributed by atoms with E-state index in [-0.39, 0.29) is 5.91 Å². The molecule has 0 unspecified atom stereocenters. The number of aromatic nitrogens is 1. The number of nitrogens with zero attached hydrogens (tertiary/aromatic N) is 2.